The predicted octanol–water partition coefficient (Wildman–Crippen LogP) is 2.66. The Kier molecular flexibility index (Phi) is 3.76. The summed E-state index contributed by atoms with van der Waals surface area (Å²) in [6.07, 6.45) is 4.86. The van der Waals surface area contributed by atoms with Gasteiger partial charge in [-0.15, -0.1) is 0 Å². The fraction of sp³-hybridized carbons (Fsp3) is 0.643. The molecule has 0 aliphatic heterocycles. The number of ether oxygens (including phenoxy) is 1. The lowest BCUT2D eigenvalue weighted by Crippen LogP contribution is -2.29. The monoisotopic (exact) mass is 248 g/mol. The third-order valence-electron chi connectivity index (χ3n) is 3.60. The number of carbonyl (C=O) groups is 1. The van der Waals surface area contributed by atoms with Crippen molar-refractivity contribution in [3.05, 3.63) is 23.3 Å². The van der Waals surface area contributed by atoms with Crippen LogP contribution in [0.4, 0.5) is 0 Å². The van der Waals surface area contributed by atoms with E-state index in [2.05, 4.69) is 16.9 Å². The number of hydrogen-bond acceptors (Lipinski definition) is 4. The second kappa shape index (κ2) is 5.14. The minimum Gasteiger partial charge on any atom is -0.368 e. The van der Waals surface area contributed by atoms with Crippen molar-refractivity contribution in [3.8, 4) is 0 Å². The number of carbonyl (C=O) groups excluding carboxylic acids is 1. The van der Waals surface area contributed by atoms with Crippen LogP contribution in [0.15, 0.2) is 6.20 Å². The first-order valence-corrected chi connectivity index (χ1v) is 6.64. The highest BCUT2D eigenvalue weighted by Crippen LogP contribution is 2.28. The van der Waals surface area contributed by atoms with Gasteiger partial charge in [0.25, 0.3) is 0 Å². The first-order chi connectivity index (χ1) is 8.60. The molecule has 0 bridgehead atoms. The quantitative estimate of drug-likeness (QED) is 0.822. The van der Waals surface area contributed by atoms with Crippen molar-refractivity contribution >= 4 is 5.78 Å². The lowest BCUT2D eigenvalue weighted by molar-refractivity contribution is -0.0392. The van der Waals surface area contributed by atoms with E-state index in [1.54, 1.807) is 6.20 Å². The van der Waals surface area contributed by atoms with Crippen LogP contribution in [0.25, 0.3) is 0 Å². The molecular formula is C14H20N2O2. The summed E-state index contributed by atoms with van der Waals surface area (Å²) in [6.45, 7) is 6.66. The van der Waals surface area contributed by atoms with Crippen LogP contribution in [0.2, 0.25) is 0 Å². The SMILES string of the molecule is CCOC(C)(CC)c1ncc2c(n1)CCCC2=O. The average molecular weight is 248 g/mol. The molecule has 0 aromatic carbocycles. The van der Waals surface area contributed by atoms with Gasteiger partial charge in [-0.25, -0.2) is 9.97 Å². The summed E-state index contributed by atoms with van der Waals surface area (Å²) in [4.78, 5) is 20.6. The normalized spacial score (nSPS) is 18.3. The average Bonchev–Trinajstić information content (AvgIpc) is 2.39. The summed E-state index contributed by atoms with van der Waals surface area (Å²) in [6, 6.07) is 0. The number of fused-ring (bicyclic) bond motifs is 1. The van der Waals surface area contributed by atoms with Crippen molar-refractivity contribution in [2.24, 2.45) is 0 Å². The van der Waals surface area contributed by atoms with E-state index in [1.807, 2.05) is 13.8 Å². The van der Waals surface area contributed by atoms with Crippen molar-refractivity contribution in [2.75, 3.05) is 6.61 Å². The molecule has 1 aromatic rings. The van der Waals surface area contributed by atoms with Crippen LogP contribution in [0.5, 0.6) is 0 Å². The maximum atomic E-state index is 11.7. The molecule has 0 saturated heterocycles. The first kappa shape index (κ1) is 13.1. The van der Waals surface area contributed by atoms with Gasteiger partial charge in [0.1, 0.15) is 5.60 Å². The molecule has 1 heterocycles. The van der Waals surface area contributed by atoms with Gasteiger partial charge in [0.05, 0.1) is 11.3 Å². The maximum absolute atomic E-state index is 11.7. The molecule has 0 N–H and O–H groups in total. The zero-order valence-corrected chi connectivity index (χ0v) is 11.3. The van der Waals surface area contributed by atoms with E-state index in [-0.39, 0.29) is 5.78 Å². The molecule has 98 valence electrons. The molecule has 0 radical (unpaired) electrons. The number of nitrogens with zero attached hydrogens (tertiary/aromatic N) is 2. The topological polar surface area (TPSA) is 52.1 Å². The molecule has 0 fully saturated rings. The molecule has 0 amide bonds. The standard InChI is InChI=1S/C14H20N2O2/c1-4-14(3,18-5-2)13-15-9-10-11(16-13)7-6-8-12(10)17/h9H,4-8H2,1-3H3. The summed E-state index contributed by atoms with van der Waals surface area (Å²) in [5.41, 5.74) is 1.13. The summed E-state index contributed by atoms with van der Waals surface area (Å²) in [7, 11) is 0. The van der Waals surface area contributed by atoms with Crippen molar-refractivity contribution in [1.82, 2.24) is 9.97 Å². The van der Waals surface area contributed by atoms with Gasteiger partial charge in [-0.1, -0.05) is 6.92 Å². The highest BCUT2D eigenvalue weighted by atomic mass is 16.5. The Morgan fingerprint density at radius 3 is 2.83 bits per heavy atom. The molecule has 0 saturated carbocycles. The Balaban J connectivity index is 2.38. The van der Waals surface area contributed by atoms with E-state index in [4.69, 9.17) is 4.74 Å². The molecule has 1 atom stereocenters. The first-order valence-electron chi connectivity index (χ1n) is 6.64. The van der Waals surface area contributed by atoms with E-state index >= 15 is 0 Å². The molecular weight excluding hydrogens is 228 g/mol. The lowest BCUT2D eigenvalue weighted by atomic mass is 9.95. The van der Waals surface area contributed by atoms with E-state index < -0.39 is 5.60 Å². The number of rotatable bonds is 4. The fourth-order valence-corrected chi connectivity index (χ4v) is 2.29. The van der Waals surface area contributed by atoms with Crippen molar-refractivity contribution in [2.45, 2.75) is 52.1 Å². The van der Waals surface area contributed by atoms with E-state index in [9.17, 15) is 4.79 Å². The number of aryl methyl sites for hydroxylation is 1. The second-order valence-corrected chi connectivity index (χ2v) is 4.85. The molecule has 4 heteroatoms. The van der Waals surface area contributed by atoms with Gasteiger partial charge in [0.2, 0.25) is 0 Å². The summed E-state index contributed by atoms with van der Waals surface area (Å²) in [5, 5.41) is 0. The Bertz CT molecular complexity index is 459. The molecule has 2 rings (SSSR count). The Hall–Kier alpha value is -1.29. The van der Waals surface area contributed by atoms with E-state index in [1.165, 1.54) is 0 Å². The number of aromatic nitrogens is 2. The molecule has 1 aromatic heterocycles. The molecule has 0 spiro atoms. The maximum Gasteiger partial charge on any atom is 0.166 e. The van der Waals surface area contributed by atoms with Crippen LogP contribution in [-0.4, -0.2) is 22.4 Å². The number of Topliss-reactive ketones (excluding diaryl/α,β-unsaturated/α-hetero) is 1. The van der Waals surface area contributed by atoms with Gasteiger partial charge in [-0.05, 0) is 33.1 Å². The van der Waals surface area contributed by atoms with Crippen LogP contribution in [-0.2, 0) is 16.8 Å². The van der Waals surface area contributed by atoms with E-state index in [0.29, 0.717) is 24.4 Å². The zero-order valence-electron chi connectivity index (χ0n) is 11.3. The predicted molar refractivity (Wildman–Crippen MR) is 68.6 cm³/mol. The highest BCUT2D eigenvalue weighted by molar-refractivity contribution is 5.97. The largest absolute Gasteiger partial charge is 0.368 e. The summed E-state index contributed by atoms with van der Waals surface area (Å²) < 4.78 is 5.77. The Morgan fingerprint density at radius 1 is 1.39 bits per heavy atom. The second-order valence-electron chi connectivity index (χ2n) is 4.85. The minimum atomic E-state index is -0.454. The minimum absolute atomic E-state index is 0.164. The third-order valence-corrected chi connectivity index (χ3v) is 3.60. The van der Waals surface area contributed by atoms with Gasteiger partial charge >= 0.3 is 0 Å². The van der Waals surface area contributed by atoms with Crippen molar-refractivity contribution in [3.63, 3.8) is 0 Å². The van der Waals surface area contributed by atoms with Gasteiger partial charge in [-0.2, -0.15) is 0 Å². The van der Waals surface area contributed by atoms with Gasteiger partial charge in [-0.3, -0.25) is 4.79 Å². The van der Waals surface area contributed by atoms with Gasteiger partial charge in [0.15, 0.2) is 11.6 Å². The lowest BCUT2D eigenvalue weighted by Gasteiger charge is -2.27. The fourth-order valence-electron chi connectivity index (χ4n) is 2.29. The summed E-state index contributed by atoms with van der Waals surface area (Å²) >= 11 is 0. The van der Waals surface area contributed by atoms with Crippen LogP contribution in [0.3, 0.4) is 0 Å². The Morgan fingerprint density at radius 2 is 2.17 bits per heavy atom. The summed E-state index contributed by atoms with van der Waals surface area (Å²) in [5.74, 6) is 0.859. The molecule has 1 aliphatic rings. The molecule has 4 nitrogen and oxygen atoms in total. The van der Waals surface area contributed by atoms with Gasteiger partial charge in [0, 0.05) is 19.2 Å². The van der Waals surface area contributed by atoms with Gasteiger partial charge < -0.3 is 4.74 Å². The molecule has 1 aliphatic carbocycles. The Labute approximate surface area is 108 Å². The zero-order chi connectivity index (χ0) is 13.2. The van der Waals surface area contributed by atoms with Crippen molar-refractivity contribution in [1.29, 1.82) is 0 Å². The van der Waals surface area contributed by atoms with E-state index in [0.717, 1.165) is 25.0 Å². The van der Waals surface area contributed by atoms with Crippen LogP contribution < -0.4 is 0 Å². The van der Waals surface area contributed by atoms with Crippen LogP contribution in [0.1, 0.15) is 61.9 Å². The van der Waals surface area contributed by atoms with Crippen LogP contribution in [0, 0.1) is 0 Å². The molecule has 1 unspecified atom stereocenters. The molecule has 18 heavy (non-hydrogen) atoms. The van der Waals surface area contributed by atoms with Crippen LogP contribution >= 0.6 is 0 Å². The highest BCUT2D eigenvalue weighted by Gasteiger charge is 2.30. The number of hydrogen-bond donors (Lipinski definition) is 0. The third kappa shape index (κ3) is 2.29. The smallest absolute Gasteiger partial charge is 0.166 e. The van der Waals surface area contributed by atoms with Crippen molar-refractivity contribution < 1.29 is 9.53 Å². The number of ketones is 1.